The van der Waals surface area contributed by atoms with Gasteiger partial charge in [0.25, 0.3) is 0 Å². The van der Waals surface area contributed by atoms with Gasteiger partial charge in [-0.1, -0.05) is 0 Å². The Morgan fingerprint density at radius 3 is 1.50 bits per heavy atom. The second-order valence-corrected chi connectivity index (χ2v) is 5.72. The van der Waals surface area contributed by atoms with Gasteiger partial charge < -0.3 is 20.4 Å². The zero-order valence-electron chi connectivity index (χ0n) is 13.2. The van der Waals surface area contributed by atoms with Gasteiger partial charge in [-0.15, -0.1) is 0 Å². The van der Waals surface area contributed by atoms with Crippen molar-refractivity contribution >= 4 is 23.1 Å². The van der Waals surface area contributed by atoms with E-state index in [9.17, 15) is 39.6 Å². The van der Waals surface area contributed by atoms with E-state index in [0.717, 1.165) is 34.6 Å². The van der Waals surface area contributed by atoms with Crippen LogP contribution in [0.25, 0.3) is 0 Å². The maximum Gasteiger partial charge on any atom is 0.164 e. The third-order valence-electron chi connectivity index (χ3n) is 4.05. The average molecular weight is 318 g/mol. The van der Waals surface area contributed by atoms with Crippen LogP contribution in [0.2, 0.25) is 0 Å². The van der Waals surface area contributed by atoms with Crippen LogP contribution in [0.5, 0.6) is 0 Å². The number of carbonyl (C=O) groups excluding carboxylic acids is 4. The zero-order valence-corrected chi connectivity index (χ0v) is 13.2. The Hall–Kier alpha value is -1.48. The molecule has 0 aromatic rings. The van der Waals surface area contributed by atoms with Crippen molar-refractivity contribution in [3.05, 3.63) is 0 Å². The summed E-state index contributed by atoms with van der Waals surface area (Å²) in [5.74, 6) is -4.18. The van der Waals surface area contributed by atoms with Gasteiger partial charge in [0, 0.05) is 6.42 Å². The molecule has 0 fully saturated rings. The summed E-state index contributed by atoms with van der Waals surface area (Å²) >= 11 is 0. The first kappa shape index (κ1) is 20.5. The van der Waals surface area contributed by atoms with Gasteiger partial charge in [-0.25, -0.2) is 0 Å². The molecule has 0 saturated carbocycles. The van der Waals surface area contributed by atoms with E-state index in [0.29, 0.717) is 0 Å². The fraction of sp³-hybridized carbons (Fsp3) is 0.714. The van der Waals surface area contributed by atoms with E-state index in [1.807, 2.05) is 0 Å². The second kappa shape index (κ2) is 6.33. The van der Waals surface area contributed by atoms with Gasteiger partial charge in [0.1, 0.15) is 6.10 Å². The van der Waals surface area contributed by atoms with Crippen LogP contribution in [0, 0.1) is 0 Å². The molecule has 22 heavy (non-hydrogen) atoms. The van der Waals surface area contributed by atoms with Crippen LogP contribution in [0.4, 0.5) is 0 Å². The number of aliphatic hydroxyl groups excluding tert-OH is 1. The normalized spacial score (nSPS) is 21.0. The van der Waals surface area contributed by atoms with Crippen LogP contribution in [-0.2, 0) is 19.2 Å². The second-order valence-electron chi connectivity index (χ2n) is 5.72. The number of Topliss-reactive ketones (excluding diaryl/α,β-unsaturated/α-hetero) is 4. The smallest absolute Gasteiger partial charge is 0.164 e. The summed E-state index contributed by atoms with van der Waals surface area (Å²) in [4.78, 5) is 46.2. The molecular weight excluding hydrogens is 296 g/mol. The Labute approximate surface area is 127 Å². The average Bonchev–Trinajstić information content (AvgIpc) is 2.36. The molecule has 4 atom stereocenters. The maximum atomic E-state index is 11.8. The minimum Gasteiger partial charge on any atom is -0.382 e. The zero-order chi connectivity index (χ0) is 18.1. The monoisotopic (exact) mass is 318 g/mol. The third-order valence-corrected chi connectivity index (χ3v) is 4.05. The van der Waals surface area contributed by atoms with Crippen LogP contribution < -0.4 is 0 Å². The highest BCUT2D eigenvalue weighted by Gasteiger charge is 2.59. The number of hydrogen-bond donors (Lipinski definition) is 4. The summed E-state index contributed by atoms with van der Waals surface area (Å²) in [6.07, 6.45) is -3.43. The Balaban J connectivity index is 6.14. The van der Waals surface area contributed by atoms with Gasteiger partial charge in [-0.2, -0.15) is 0 Å². The number of rotatable bonds is 8. The molecule has 1 unspecified atom stereocenters. The van der Waals surface area contributed by atoms with Gasteiger partial charge in [-0.05, 0) is 34.6 Å². The molecule has 0 aromatic heterocycles. The van der Waals surface area contributed by atoms with E-state index < -0.39 is 52.5 Å². The fourth-order valence-corrected chi connectivity index (χ4v) is 2.07. The van der Waals surface area contributed by atoms with E-state index in [1.165, 1.54) is 0 Å². The lowest BCUT2D eigenvalue weighted by molar-refractivity contribution is -0.198. The Kier molecular flexibility index (Phi) is 5.90. The van der Waals surface area contributed by atoms with Gasteiger partial charge in [0.05, 0.1) is 0 Å². The molecule has 126 valence electrons. The topological polar surface area (TPSA) is 149 Å². The molecule has 0 aliphatic carbocycles. The lowest BCUT2D eigenvalue weighted by Crippen LogP contribution is -2.67. The van der Waals surface area contributed by atoms with E-state index in [2.05, 4.69) is 0 Å². The highest BCUT2D eigenvalue weighted by Crippen LogP contribution is 2.35. The first-order valence-electron chi connectivity index (χ1n) is 6.53. The summed E-state index contributed by atoms with van der Waals surface area (Å²) in [5, 5.41) is 40.6. The van der Waals surface area contributed by atoms with Crippen LogP contribution in [-0.4, -0.2) is 66.5 Å². The summed E-state index contributed by atoms with van der Waals surface area (Å²) in [6.45, 7) is 4.33. The van der Waals surface area contributed by atoms with Gasteiger partial charge in [0.2, 0.25) is 0 Å². The van der Waals surface area contributed by atoms with Crippen LogP contribution in [0.1, 0.15) is 41.0 Å². The van der Waals surface area contributed by atoms with Crippen molar-refractivity contribution in [3.8, 4) is 0 Å². The molecule has 0 amide bonds. The summed E-state index contributed by atoms with van der Waals surface area (Å²) in [7, 11) is 0. The predicted octanol–water partition coefficient (Wildman–Crippen LogP) is -1.69. The fourth-order valence-electron chi connectivity index (χ4n) is 2.07. The predicted molar refractivity (Wildman–Crippen MR) is 73.9 cm³/mol. The molecular formula is C14H22O8. The van der Waals surface area contributed by atoms with Gasteiger partial charge in [-0.3, -0.25) is 19.2 Å². The van der Waals surface area contributed by atoms with Crippen molar-refractivity contribution in [2.24, 2.45) is 0 Å². The molecule has 0 aromatic carbocycles. The summed E-state index contributed by atoms with van der Waals surface area (Å²) < 4.78 is 0. The SMILES string of the molecule is CC(=O)C(O)[C@](O)(C[C@](O)(C(C)=O)[C@](C)(O)C(C)=O)C(C)=O. The molecule has 0 saturated heterocycles. The van der Waals surface area contributed by atoms with E-state index in [4.69, 9.17) is 0 Å². The van der Waals surface area contributed by atoms with Crippen LogP contribution in [0.15, 0.2) is 0 Å². The van der Waals surface area contributed by atoms with Crippen molar-refractivity contribution in [3.63, 3.8) is 0 Å². The van der Waals surface area contributed by atoms with Gasteiger partial charge in [0.15, 0.2) is 39.9 Å². The highest BCUT2D eigenvalue weighted by molar-refractivity contribution is 5.99. The minimum absolute atomic E-state index is 0.842. The number of aliphatic hydroxyl groups is 4. The van der Waals surface area contributed by atoms with E-state index in [-0.39, 0.29) is 0 Å². The highest BCUT2D eigenvalue weighted by atomic mass is 16.4. The quantitative estimate of drug-likeness (QED) is 0.414. The van der Waals surface area contributed by atoms with Gasteiger partial charge >= 0.3 is 0 Å². The standard InChI is InChI=1S/C14H22O8/c1-7(15)11(19)13(21,9(3)17)6-14(22,10(4)18)12(5,20)8(2)16/h11,19-22H,6H2,1-5H3/t11?,12-,13+,14+/m1/s1. The van der Waals surface area contributed by atoms with Crippen molar-refractivity contribution in [1.82, 2.24) is 0 Å². The number of ketones is 4. The summed E-state index contributed by atoms with van der Waals surface area (Å²) in [6, 6.07) is 0. The lowest BCUT2D eigenvalue weighted by Gasteiger charge is -2.42. The lowest BCUT2D eigenvalue weighted by atomic mass is 9.69. The third kappa shape index (κ3) is 3.30. The molecule has 0 heterocycles. The molecule has 4 N–H and O–H groups in total. The van der Waals surface area contributed by atoms with Crippen molar-refractivity contribution in [2.45, 2.75) is 63.9 Å². The van der Waals surface area contributed by atoms with Crippen molar-refractivity contribution in [2.75, 3.05) is 0 Å². The molecule has 8 heteroatoms. The first-order chi connectivity index (χ1) is 9.64. The Bertz CT molecular complexity index is 509. The largest absolute Gasteiger partial charge is 0.382 e. The van der Waals surface area contributed by atoms with E-state index in [1.54, 1.807) is 0 Å². The first-order valence-corrected chi connectivity index (χ1v) is 6.53. The molecule has 0 aliphatic heterocycles. The van der Waals surface area contributed by atoms with Crippen LogP contribution >= 0.6 is 0 Å². The van der Waals surface area contributed by atoms with Crippen LogP contribution in [0.3, 0.4) is 0 Å². The molecule has 0 radical (unpaired) electrons. The maximum absolute atomic E-state index is 11.8. The van der Waals surface area contributed by atoms with E-state index >= 15 is 0 Å². The number of hydrogen-bond acceptors (Lipinski definition) is 8. The van der Waals surface area contributed by atoms with Crippen molar-refractivity contribution in [1.29, 1.82) is 0 Å². The molecule has 0 rings (SSSR count). The minimum atomic E-state index is -2.87. The van der Waals surface area contributed by atoms with Crippen molar-refractivity contribution < 1.29 is 39.6 Å². The number of carbonyl (C=O) groups is 4. The molecule has 8 nitrogen and oxygen atoms in total. The Morgan fingerprint density at radius 2 is 1.27 bits per heavy atom. The molecule has 0 aliphatic rings. The summed E-state index contributed by atoms with van der Waals surface area (Å²) in [5.41, 5.74) is -8.32. The Morgan fingerprint density at radius 1 is 0.864 bits per heavy atom. The molecule has 0 bridgehead atoms. The molecule has 0 spiro atoms.